The van der Waals surface area contributed by atoms with Crippen molar-refractivity contribution < 1.29 is 9.53 Å². The number of nitrogens with two attached hydrogens (primary N) is 1. The van der Waals surface area contributed by atoms with Crippen LogP contribution in [0.2, 0.25) is 0 Å². The van der Waals surface area contributed by atoms with Gasteiger partial charge in [-0.15, -0.1) is 0 Å². The number of carbonyl (C=O) groups is 1. The molecule has 2 aromatic carbocycles. The number of ether oxygens (including phenoxy) is 1. The number of aromatic amines is 1. The molecule has 3 aromatic rings. The molecule has 0 bridgehead atoms. The maximum Gasteiger partial charge on any atom is 0.359 e. The standard InChI is InChI=1S/C15H13N3O2/c1-20-15(19)14-12-8-10(4-7-13(12)17-18-14)9-2-5-11(16)6-3-9/h2-8H,16H2,1H3,(H,17,18). The number of hydrogen-bond donors (Lipinski definition) is 2. The van der Waals surface area contributed by atoms with Crippen molar-refractivity contribution in [1.82, 2.24) is 10.2 Å². The number of rotatable bonds is 2. The zero-order valence-electron chi connectivity index (χ0n) is 10.9. The lowest BCUT2D eigenvalue weighted by molar-refractivity contribution is 0.0596. The van der Waals surface area contributed by atoms with E-state index >= 15 is 0 Å². The summed E-state index contributed by atoms with van der Waals surface area (Å²) in [5.41, 5.74) is 9.50. The van der Waals surface area contributed by atoms with Crippen molar-refractivity contribution in [2.75, 3.05) is 12.8 Å². The Hall–Kier alpha value is -2.82. The minimum Gasteiger partial charge on any atom is -0.464 e. The first-order valence-corrected chi connectivity index (χ1v) is 6.11. The average Bonchev–Trinajstić information content (AvgIpc) is 2.90. The second-order valence-electron chi connectivity index (χ2n) is 4.45. The summed E-state index contributed by atoms with van der Waals surface area (Å²) >= 11 is 0. The Morgan fingerprint density at radius 3 is 2.55 bits per heavy atom. The number of benzene rings is 2. The molecule has 0 saturated heterocycles. The van der Waals surface area contributed by atoms with Crippen LogP contribution in [0.5, 0.6) is 0 Å². The van der Waals surface area contributed by atoms with Gasteiger partial charge < -0.3 is 10.5 Å². The van der Waals surface area contributed by atoms with Crippen LogP contribution in [0.4, 0.5) is 5.69 Å². The molecule has 0 amide bonds. The first kappa shape index (κ1) is 12.2. The summed E-state index contributed by atoms with van der Waals surface area (Å²) < 4.78 is 4.73. The van der Waals surface area contributed by atoms with Gasteiger partial charge in [0.1, 0.15) is 0 Å². The van der Waals surface area contributed by atoms with Crippen molar-refractivity contribution in [2.45, 2.75) is 0 Å². The van der Waals surface area contributed by atoms with Gasteiger partial charge in [0, 0.05) is 11.1 Å². The number of esters is 1. The molecule has 3 N–H and O–H groups in total. The maximum atomic E-state index is 11.7. The zero-order valence-corrected chi connectivity index (χ0v) is 10.9. The molecule has 0 unspecified atom stereocenters. The Balaban J connectivity index is 2.14. The molecule has 0 aliphatic heterocycles. The van der Waals surface area contributed by atoms with E-state index in [2.05, 4.69) is 10.2 Å². The first-order chi connectivity index (χ1) is 9.69. The first-order valence-electron chi connectivity index (χ1n) is 6.11. The minimum absolute atomic E-state index is 0.291. The molecule has 0 fully saturated rings. The van der Waals surface area contributed by atoms with E-state index in [9.17, 15) is 4.79 Å². The van der Waals surface area contributed by atoms with Crippen LogP contribution in [-0.2, 0) is 4.74 Å². The monoisotopic (exact) mass is 267 g/mol. The van der Waals surface area contributed by atoms with E-state index in [4.69, 9.17) is 10.5 Å². The number of nitrogen functional groups attached to an aromatic ring is 1. The number of carbonyl (C=O) groups excluding carboxylic acids is 1. The van der Waals surface area contributed by atoms with Gasteiger partial charge in [-0.3, -0.25) is 5.10 Å². The van der Waals surface area contributed by atoms with Gasteiger partial charge in [-0.2, -0.15) is 5.10 Å². The van der Waals surface area contributed by atoms with Crippen LogP contribution in [-0.4, -0.2) is 23.3 Å². The van der Waals surface area contributed by atoms with Gasteiger partial charge in [-0.1, -0.05) is 18.2 Å². The smallest absolute Gasteiger partial charge is 0.359 e. The summed E-state index contributed by atoms with van der Waals surface area (Å²) in [4.78, 5) is 11.7. The number of hydrogen-bond acceptors (Lipinski definition) is 4. The zero-order chi connectivity index (χ0) is 14.1. The third-order valence-electron chi connectivity index (χ3n) is 3.19. The Morgan fingerprint density at radius 1 is 1.15 bits per heavy atom. The van der Waals surface area contributed by atoms with Gasteiger partial charge in [0.2, 0.25) is 0 Å². The Morgan fingerprint density at radius 2 is 1.85 bits per heavy atom. The van der Waals surface area contributed by atoms with Crippen molar-refractivity contribution in [3.05, 3.63) is 48.2 Å². The van der Waals surface area contributed by atoms with E-state index in [-0.39, 0.29) is 0 Å². The molecule has 0 spiro atoms. The highest BCUT2D eigenvalue weighted by Gasteiger charge is 2.14. The minimum atomic E-state index is -0.453. The van der Waals surface area contributed by atoms with Crippen LogP contribution >= 0.6 is 0 Å². The summed E-state index contributed by atoms with van der Waals surface area (Å²) in [6, 6.07) is 13.3. The summed E-state index contributed by atoms with van der Waals surface area (Å²) in [7, 11) is 1.34. The van der Waals surface area contributed by atoms with Crippen molar-refractivity contribution in [1.29, 1.82) is 0 Å². The molecule has 1 heterocycles. The Labute approximate surface area is 115 Å². The van der Waals surface area contributed by atoms with Crippen molar-refractivity contribution >= 4 is 22.6 Å². The predicted molar refractivity (Wildman–Crippen MR) is 77.3 cm³/mol. The second-order valence-corrected chi connectivity index (χ2v) is 4.45. The largest absolute Gasteiger partial charge is 0.464 e. The molecule has 20 heavy (non-hydrogen) atoms. The lowest BCUT2D eigenvalue weighted by atomic mass is 10.0. The highest BCUT2D eigenvalue weighted by atomic mass is 16.5. The summed E-state index contributed by atoms with van der Waals surface area (Å²) in [6.07, 6.45) is 0. The highest BCUT2D eigenvalue weighted by Crippen LogP contribution is 2.26. The van der Waals surface area contributed by atoms with Gasteiger partial charge in [0.15, 0.2) is 5.69 Å². The fourth-order valence-electron chi connectivity index (χ4n) is 2.12. The molecule has 3 rings (SSSR count). The fourth-order valence-corrected chi connectivity index (χ4v) is 2.12. The molecule has 1 aromatic heterocycles. The molecule has 0 aliphatic carbocycles. The number of nitrogens with zero attached hydrogens (tertiary/aromatic N) is 1. The van der Waals surface area contributed by atoms with Crippen LogP contribution in [0.3, 0.4) is 0 Å². The fraction of sp³-hybridized carbons (Fsp3) is 0.0667. The van der Waals surface area contributed by atoms with E-state index < -0.39 is 5.97 Å². The number of nitrogens with one attached hydrogen (secondary N) is 1. The Bertz CT molecular complexity index is 775. The van der Waals surface area contributed by atoms with Crippen LogP contribution in [0.25, 0.3) is 22.0 Å². The number of H-pyrrole nitrogens is 1. The van der Waals surface area contributed by atoms with E-state index in [1.807, 2.05) is 42.5 Å². The molecule has 0 aliphatic rings. The maximum absolute atomic E-state index is 11.7. The topological polar surface area (TPSA) is 81.0 Å². The third kappa shape index (κ3) is 1.99. The van der Waals surface area contributed by atoms with Gasteiger partial charge in [0.05, 0.1) is 12.6 Å². The highest BCUT2D eigenvalue weighted by molar-refractivity contribution is 6.03. The predicted octanol–water partition coefficient (Wildman–Crippen LogP) is 2.60. The normalized spacial score (nSPS) is 10.7. The van der Waals surface area contributed by atoms with Crippen molar-refractivity contribution in [3.8, 4) is 11.1 Å². The number of fused-ring (bicyclic) bond motifs is 1. The lowest BCUT2D eigenvalue weighted by Gasteiger charge is -2.03. The lowest BCUT2D eigenvalue weighted by Crippen LogP contribution is -2.01. The summed E-state index contributed by atoms with van der Waals surface area (Å²) in [5.74, 6) is -0.453. The van der Waals surface area contributed by atoms with Gasteiger partial charge >= 0.3 is 5.97 Å². The molecular formula is C15H13N3O2. The summed E-state index contributed by atoms with van der Waals surface area (Å²) in [5, 5.41) is 7.56. The molecule has 0 saturated carbocycles. The number of aromatic nitrogens is 2. The van der Waals surface area contributed by atoms with Crippen molar-refractivity contribution in [3.63, 3.8) is 0 Å². The average molecular weight is 267 g/mol. The summed E-state index contributed by atoms with van der Waals surface area (Å²) in [6.45, 7) is 0. The number of anilines is 1. The van der Waals surface area contributed by atoms with E-state index in [1.54, 1.807) is 0 Å². The molecule has 0 radical (unpaired) electrons. The Kier molecular flexibility index (Phi) is 2.87. The molecule has 100 valence electrons. The van der Waals surface area contributed by atoms with Crippen LogP contribution in [0.15, 0.2) is 42.5 Å². The van der Waals surface area contributed by atoms with Gasteiger partial charge in [-0.05, 0) is 35.4 Å². The van der Waals surface area contributed by atoms with E-state index in [0.29, 0.717) is 11.4 Å². The molecule has 0 atom stereocenters. The number of methoxy groups -OCH3 is 1. The molecular weight excluding hydrogens is 254 g/mol. The quantitative estimate of drug-likeness (QED) is 0.552. The van der Waals surface area contributed by atoms with Crippen LogP contribution in [0, 0.1) is 0 Å². The molecule has 5 heteroatoms. The van der Waals surface area contributed by atoms with Gasteiger partial charge in [-0.25, -0.2) is 4.79 Å². The second kappa shape index (κ2) is 4.70. The van der Waals surface area contributed by atoms with Crippen LogP contribution < -0.4 is 5.73 Å². The van der Waals surface area contributed by atoms with Crippen LogP contribution in [0.1, 0.15) is 10.5 Å². The van der Waals surface area contributed by atoms with Crippen molar-refractivity contribution in [2.24, 2.45) is 0 Å². The SMILES string of the molecule is COC(=O)c1n[nH]c2ccc(-c3ccc(N)cc3)cc12. The van der Waals surface area contributed by atoms with E-state index in [1.165, 1.54) is 7.11 Å². The van der Waals surface area contributed by atoms with Gasteiger partial charge in [0.25, 0.3) is 0 Å². The third-order valence-corrected chi connectivity index (χ3v) is 3.19. The molecule has 5 nitrogen and oxygen atoms in total. The van der Waals surface area contributed by atoms with E-state index in [0.717, 1.165) is 22.0 Å².